The zero-order valence-corrected chi connectivity index (χ0v) is 16.5. The highest BCUT2D eigenvalue weighted by molar-refractivity contribution is 5.89. The number of esters is 1. The lowest BCUT2D eigenvalue weighted by Gasteiger charge is -2.16. The second-order valence-corrected chi connectivity index (χ2v) is 6.59. The average molecular weight is 409 g/mol. The molecule has 2 amide bonds. The lowest BCUT2D eigenvalue weighted by Crippen LogP contribution is -2.47. The topological polar surface area (TPSA) is 110 Å². The van der Waals surface area contributed by atoms with E-state index >= 15 is 0 Å². The monoisotopic (exact) mass is 409 g/mol. The molecule has 1 atom stereocenters. The minimum Gasteiger partial charge on any atom is -0.484 e. The van der Waals surface area contributed by atoms with E-state index in [4.69, 9.17) is 9.47 Å². The van der Waals surface area contributed by atoms with Gasteiger partial charge in [0.1, 0.15) is 11.8 Å². The maximum Gasteiger partial charge on any atom is 0.328 e. The van der Waals surface area contributed by atoms with E-state index in [0.29, 0.717) is 5.75 Å². The minimum absolute atomic E-state index is 0.215. The molecule has 1 heterocycles. The van der Waals surface area contributed by atoms with Gasteiger partial charge in [-0.15, -0.1) is 0 Å². The number of methoxy groups -OCH3 is 1. The number of para-hydroxylation sites is 2. The van der Waals surface area contributed by atoms with Gasteiger partial charge in [-0.05, 0) is 23.8 Å². The number of ether oxygens (including phenoxy) is 2. The van der Waals surface area contributed by atoms with Crippen LogP contribution in [0.1, 0.15) is 5.56 Å². The highest BCUT2D eigenvalue weighted by Gasteiger charge is 2.23. The van der Waals surface area contributed by atoms with Crippen molar-refractivity contribution in [1.82, 2.24) is 15.6 Å². The second-order valence-electron chi connectivity index (χ2n) is 6.59. The van der Waals surface area contributed by atoms with Gasteiger partial charge in [-0.2, -0.15) is 0 Å². The normalized spacial score (nSPS) is 11.5. The Kier molecular flexibility index (Phi) is 7.05. The fourth-order valence-electron chi connectivity index (χ4n) is 3.00. The molecular weight excluding hydrogens is 386 g/mol. The molecule has 8 nitrogen and oxygen atoms in total. The molecular formula is C22H23N3O5. The molecule has 30 heavy (non-hydrogen) atoms. The van der Waals surface area contributed by atoms with Crippen molar-refractivity contribution in [3.63, 3.8) is 0 Å². The summed E-state index contributed by atoms with van der Waals surface area (Å²) >= 11 is 0. The van der Waals surface area contributed by atoms with Crippen LogP contribution in [0.2, 0.25) is 0 Å². The molecule has 156 valence electrons. The molecule has 0 radical (unpaired) electrons. The Hall–Kier alpha value is -3.81. The summed E-state index contributed by atoms with van der Waals surface area (Å²) in [4.78, 5) is 39.4. The number of benzene rings is 2. The van der Waals surface area contributed by atoms with Gasteiger partial charge in [0.2, 0.25) is 5.91 Å². The summed E-state index contributed by atoms with van der Waals surface area (Å²) in [6.45, 7) is -0.495. The van der Waals surface area contributed by atoms with Gasteiger partial charge in [0.05, 0.1) is 13.7 Å². The summed E-state index contributed by atoms with van der Waals surface area (Å²) in [6.07, 6.45) is 2.06. The number of rotatable bonds is 9. The molecule has 0 saturated carbocycles. The number of hydrogen-bond donors (Lipinski definition) is 3. The van der Waals surface area contributed by atoms with Gasteiger partial charge in [0.25, 0.3) is 5.91 Å². The highest BCUT2D eigenvalue weighted by atomic mass is 16.5. The van der Waals surface area contributed by atoms with Gasteiger partial charge < -0.3 is 25.1 Å². The van der Waals surface area contributed by atoms with Crippen LogP contribution in [-0.4, -0.2) is 49.1 Å². The Morgan fingerprint density at radius 1 is 1.00 bits per heavy atom. The Bertz CT molecular complexity index is 1020. The van der Waals surface area contributed by atoms with Crippen molar-refractivity contribution in [2.45, 2.75) is 12.5 Å². The molecule has 0 saturated heterocycles. The largest absolute Gasteiger partial charge is 0.484 e. The molecule has 8 heteroatoms. The van der Waals surface area contributed by atoms with Crippen molar-refractivity contribution in [2.24, 2.45) is 0 Å². The first-order chi connectivity index (χ1) is 14.6. The number of H-pyrrole nitrogens is 1. The van der Waals surface area contributed by atoms with Crippen LogP contribution < -0.4 is 15.4 Å². The summed E-state index contributed by atoms with van der Waals surface area (Å²) in [5.41, 5.74) is 1.81. The molecule has 1 aromatic heterocycles. The first kappa shape index (κ1) is 20.9. The molecule has 0 spiro atoms. The van der Waals surface area contributed by atoms with Crippen LogP contribution in [-0.2, 0) is 25.5 Å². The summed E-state index contributed by atoms with van der Waals surface area (Å²) in [5.74, 6) is -0.951. The molecule has 2 aromatic carbocycles. The van der Waals surface area contributed by atoms with Crippen LogP contribution in [0, 0.1) is 0 Å². The van der Waals surface area contributed by atoms with Gasteiger partial charge >= 0.3 is 5.97 Å². The number of nitrogens with one attached hydrogen (secondary N) is 3. The van der Waals surface area contributed by atoms with Crippen LogP contribution in [0.25, 0.3) is 10.9 Å². The van der Waals surface area contributed by atoms with E-state index in [0.717, 1.165) is 16.5 Å². The fourth-order valence-corrected chi connectivity index (χ4v) is 3.00. The minimum atomic E-state index is -0.876. The molecule has 0 unspecified atom stereocenters. The number of fused-ring (bicyclic) bond motifs is 1. The van der Waals surface area contributed by atoms with Crippen molar-refractivity contribution < 1.29 is 23.9 Å². The first-order valence-electron chi connectivity index (χ1n) is 9.43. The van der Waals surface area contributed by atoms with E-state index in [1.807, 2.05) is 30.3 Å². The van der Waals surface area contributed by atoms with Crippen LogP contribution in [0.15, 0.2) is 60.8 Å². The molecule has 0 fully saturated rings. The van der Waals surface area contributed by atoms with Crippen LogP contribution >= 0.6 is 0 Å². The number of aromatic nitrogens is 1. The van der Waals surface area contributed by atoms with E-state index in [-0.39, 0.29) is 19.6 Å². The number of aromatic amines is 1. The maximum atomic E-state index is 12.3. The summed E-state index contributed by atoms with van der Waals surface area (Å²) in [5, 5.41) is 6.05. The molecule has 0 bridgehead atoms. The van der Waals surface area contributed by atoms with E-state index in [2.05, 4.69) is 15.6 Å². The van der Waals surface area contributed by atoms with Gasteiger partial charge in [0.15, 0.2) is 6.61 Å². The Labute approximate surface area is 173 Å². The van der Waals surface area contributed by atoms with E-state index in [1.165, 1.54) is 7.11 Å². The lowest BCUT2D eigenvalue weighted by molar-refractivity contribution is -0.145. The molecule has 3 rings (SSSR count). The molecule has 3 N–H and O–H groups in total. The number of carbonyl (C=O) groups is 3. The maximum absolute atomic E-state index is 12.3. The summed E-state index contributed by atoms with van der Waals surface area (Å²) < 4.78 is 10.1. The zero-order valence-electron chi connectivity index (χ0n) is 16.5. The van der Waals surface area contributed by atoms with E-state index in [9.17, 15) is 14.4 Å². The molecule has 0 aliphatic heterocycles. The SMILES string of the molecule is COC(=O)[C@@H](Cc1c[nH]c2ccccc12)NC(=O)CNC(=O)COc1ccccc1. The third-order valence-electron chi connectivity index (χ3n) is 4.48. The third kappa shape index (κ3) is 5.60. The number of hydrogen-bond acceptors (Lipinski definition) is 5. The van der Waals surface area contributed by atoms with Crippen molar-refractivity contribution in [3.05, 3.63) is 66.4 Å². The van der Waals surface area contributed by atoms with Crippen molar-refractivity contribution in [1.29, 1.82) is 0 Å². The third-order valence-corrected chi connectivity index (χ3v) is 4.48. The van der Waals surface area contributed by atoms with Crippen LogP contribution in [0.5, 0.6) is 5.75 Å². The predicted octanol–water partition coefficient (Wildman–Crippen LogP) is 1.56. The van der Waals surface area contributed by atoms with Gasteiger partial charge in [-0.25, -0.2) is 4.79 Å². The quantitative estimate of drug-likeness (QED) is 0.465. The fraction of sp³-hybridized carbons (Fsp3) is 0.227. The molecule has 0 aliphatic rings. The Morgan fingerprint density at radius 3 is 2.50 bits per heavy atom. The molecule has 3 aromatic rings. The number of carbonyl (C=O) groups excluding carboxylic acids is 3. The first-order valence-corrected chi connectivity index (χ1v) is 9.43. The predicted molar refractivity (Wildman–Crippen MR) is 111 cm³/mol. The Morgan fingerprint density at radius 2 is 1.73 bits per heavy atom. The van der Waals surface area contributed by atoms with Crippen LogP contribution in [0.4, 0.5) is 0 Å². The zero-order chi connectivity index (χ0) is 21.3. The Balaban J connectivity index is 1.52. The lowest BCUT2D eigenvalue weighted by atomic mass is 10.0. The van der Waals surface area contributed by atoms with Crippen molar-refractivity contribution in [2.75, 3.05) is 20.3 Å². The van der Waals surface area contributed by atoms with E-state index in [1.54, 1.807) is 30.5 Å². The average Bonchev–Trinajstić information content (AvgIpc) is 3.19. The number of amides is 2. The van der Waals surface area contributed by atoms with E-state index < -0.39 is 23.8 Å². The standard InChI is InChI=1S/C22H23N3O5/c1-29-22(28)19(11-15-12-23-18-10-6-5-9-17(15)18)25-20(26)13-24-21(27)14-30-16-7-3-2-4-8-16/h2-10,12,19,23H,11,13-14H2,1H3,(H,24,27)(H,25,26)/t19-/m1/s1. The smallest absolute Gasteiger partial charge is 0.328 e. The highest BCUT2D eigenvalue weighted by Crippen LogP contribution is 2.19. The van der Waals surface area contributed by atoms with Gasteiger partial charge in [-0.3, -0.25) is 9.59 Å². The van der Waals surface area contributed by atoms with Crippen LogP contribution in [0.3, 0.4) is 0 Å². The van der Waals surface area contributed by atoms with Crippen molar-refractivity contribution >= 4 is 28.7 Å². The van der Waals surface area contributed by atoms with Gasteiger partial charge in [0, 0.05) is 23.5 Å². The van der Waals surface area contributed by atoms with Gasteiger partial charge in [-0.1, -0.05) is 36.4 Å². The summed E-state index contributed by atoms with van der Waals surface area (Å²) in [7, 11) is 1.26. The summed E-state index contributed by atoms with van der Waals surface area (Å²) in [6, 6.07) is 15.7. The second kappa shape index (κ2) is 10.1. The van der Waals surface area contributed by atoms with Crippen molar-refractivity contribution in [3.8, 4) is 5.75 Å². The molecule has 0 aliphatic carbocycles.